The van der Waals surface area contributed by atoms with Gasteiger partial charge in [0.15, 0.2) is 0 Å². The Morgan fingerprint density at radius 1 is 1.15 bits per heavy atom. The number of aromatic nitrogens is 2. The zero-order valence-electron chi connectivity index (χ0n) is 18.9. The minimum absolute atomic E-state index is 0.115. The number of rotatable bonds is 7. The van der Waals surface area contributed by atoms with Crippen molar-refractivity contribution < 1.29 is 18.8 Å². The Labute approximate surface area is 192 Å². The monoisotopic (exact) mass is 448 g/mol. The first kappa shape index (κ1) is 22.5. The first-order valence-corrected chi connectivity index (χ1v) is 11.1. The molecule has 3 aromatic rings. The van der Waals surface area contributed by atoms with Gasteiger partial charge in [0.25, 0.3) is 5.91 Å². The van der Waals surface area contributed by atoms with Gasteiger partial charge in [0, 0.05) is 37.5 Å². The number of carbonyl (C=O) groups excluding carboxylic acids is 2. The maximum atomic E-state index is 12.7. The molecule has 3 heterocycles. The second-order valence-electron chi connectivity index (χ2n) is 8.27. The summed E-state index contributed by atoms with van der Waals surface area (Å²) in [5.41, 5.74) is 2.69. The largest absolute Gasteiger partial charge is 0.497 e. The molecule has 2 aromatic heterocycles. The number of nitrogens with zero attached hydrogens (tertiary/aromatic N) is 3. The van der Waals surface area contributed by atoms with Gasteiger partial charge in [0.2, 0.25) is 11.7 Å². The van der Waals surface area contributed by atoms with Crippen molar-refractivity contribution >= 4 is 11.8 Å². The van der Waals surface area contributed by atoms with Gasteiger partial charge in [-0.05, 0) is 55.2 Å². The zero-order chi connectivity index (χ0) is 23.2. The molecule has 0 spiro atoms. The predicted octanol–water partition coefficient (Wildman–Crippen LogP) is 3.52. The molecule has 1 fully saturated rings. The van der Waals surface area contributed by atoms with Gasteiger partial charge in [-0.15, -0.1) is 0 Å². The SMILES string of the molecule is COc1ccc(CC(=O)N2CCC(c3cc(C(=O)NC(C)c4ccncc4)on3)CC2)cc1. The lowest BCUT2D eigenvalue weighted by molar-refractivity contribution is -0.131. The van der Waals surface area contributed by atoms with Gasteiger partial charge in [-0.2, -0.15) is 0 Å². The molecule has 1 aromatic carbocycles. The maximum absolute atomic E-state index is 12.7. The van der Waals surface area contributed by atoms with Crippen molar-refractivity contribution in [3.63, 3.8) is 0 Å². The topological polar surface area (TPSA) is 97.6 Å². The molecule has 1 aliphatic heterocycles. The molecular weight excluding hydrogens is 420 g/mol. The highest BCUT2D eigenvalue weighted by Crippen LogP contribution is 2.28. The summed E-state index contributed by atoms with van der Waals surface area (Å²) in [5.74, 6) is 0.954. The number of methoxy groups -OCH3 is 1. The van der Waals surface area contributed by atoms with E-state index in [4.69, 9.17) is 9.26 Å². The van der Waals surface area contributed by atoms with Gasteiger partial charge in [-0.25, -0.2) is 0 Å². The number of piperidine rings is 1. The summed E-state index contributed by atoms with van der Waals surface area (Å²) >= 11 is 0. The van der Waals surface area contributed by atoms with E-state index >= 15 is 0 Å². The number of hydrogen-bond donors (Lipinski definition) is 1. The predicted molar refractivity (Wildman–Crippen MR) is 122 cm³/mol. The molecule has 8 nitrogen and oxygen atoms in total. The molecule has 0 radical (unpaired) electrons. The molecule has 4 rings (SSSR count). The van der Waals surface area contributed by atoms with Crippen molar-refractivity contribution in [2.45, 2.75) is 38.1 Å². The van der Waals surface area contributed by atoms with Crippen molar-refractivity contribution in [1.29, 1.82) is 0 Å². The summed E-state index contributed by atoms with van der Waals surface area (Å²) in [5, 5.41) is 7.05. The molecule has 0 aliphatic carbocycles. The Balaban J connectivity index is 1.28. The molecule has 0 saturated carbocycles. The Bertz CT molecular complexity index is 1070. The molecule has 1 N–H and O–H groups in total. The van der Waals surface area contributed by atoms with Gasteiger partial charge in [-0.1, -0.05) is 17.3 Å². The number of amides is 2. The second kappa shape index (κ2) is 10.3. The van der Waals surface area contributed by atoms with E-state index in [0.29, 0.717) is 19.5 Å². The average molecular weight is 449 g/mol. The Hall–Kier alpha value is -3.68. The maximum Gasteiger partial charge on any atom is 0.290 e. The van der Waals surface area contributed by atoms with Crippen molar-refractivity contribution in [3.05, 3.63) is 77.4 Å². The Morgan fingerprint density at radius 3 is 2.52 bits per heavy atom. The number of nitrogens with one attached hydrogen (secondary N) is 1. The van der Waals surface area contributed by atoms with Crippen LogP contribution in [-0.4, -0.2) is 47.1 Å². The Morgan fingerprint density at radius 2 is 1.85 bits per heavy atom. The van der Waals surface area contributed by atoms with E-state index in [1.807, 2.05) is 48.2 Å². The summed E-state index contributed by atoms with van der Waals surface area (Å²) < 4.78 is 10.5. The number of benzene rings is 1. The molecule has 2 amide bonds. The van der Waals surface area contributed by atoms with E-state index in [9.17, 15) is 9.59 Å². The van der Waals surface area contributed by atoms with E-state index < -0.39 is 0 Å². The fourth-order valence-electron chi connectivity index (χ4n) is 4.05. The van der Waals surface area contributed by atoms with Crippen molar-refractivity contribution in [2.75, 3.05) is 20.2 Å². The quantitative estimate of drug-likeness (QED) is 0.594. The van der Waals surface area contributed by atoms with Crippen molar-refractivity contribution in [2.24, 2.45) is 0 Å². The number of pyridine rings is 1. The molecule has 33 heavy (non-hydrogen) atoms. The van der Waals surface area contributed by atoms with Crippen LogP contribution in [0.2, 0.25) is 0 Å². The fourth-order valence-corrected chi connectivity index (χ4v) is 4.05. The Kier molecular flexibility index (Phi) is 7.02. The highest BCUT2D eigenvalue weighted by atomic mass is 16.5. The van der Waals surface area contributed by atoms with Crippen LogP contribution in [0.5, 0.6) is 5.75 Å². The normalized spacial score (nSPS) is 15.2. The van der Waals surface area contributed by atoms with Crippen LogP contribution in [0.4, 0.5) is 0 Å². The molecular formula is C25H28N4O4. The van der Waals surface area contributed by atoms with Crippen LogP contribution >= 0.6 is 0 Å². The lowest BCUT2D eigenvalue weighted by atomic mass is 9.93. The third-order valence-electron chi connectivity index (χ3n) is 6.09. The first-order valence-electron chi connectivity index (χ1n) is 11.1. The van der Waals surface area contributed by atoms with E-state index in [2.05, 4.69) is 15.5 Å². The summed E-state index contributed by atoms with van der Waals surface area (Å²) in [4.78, 5) is 31.1. The van der Waals surface area contributed by atoms with Gasteiger partial charge in [0.1, 0.15) is 5.75 Å². The first-order chi connectivity index (χ1) is 16.0. The van der Waals surface area contributed by atoms with Gasteiger partial charge < -0.3 is 19.5 Å². The summed E-state index contributed by atoms with van der Waals surface area (Å²) in [6.07, 6.45) is 5.33. The molecule has 0 bridgehead atoms. The van der Waals surface area contributed by atoms with Gasteiger partial charge >= 0.3 is 0 Å². The highest BCUT2D eigenvalue weighted by Gasteiger charge is 2.27. The van der Waals surface area contributed by atoms with Crippen LogP contribution < -0.4 is 10.1 Å². The van der Waals surface area contributed by atoms with Crippen LogP contribution in [0.25, 0.3) is 0 Å². The summed E-state index contributed by atoms with van der Waals surface area (Å²) in [6, 6.07) is 12.8. The third-order valence-corrected chi connectivity index (χ3v) is 6.09. The lowest BCUT2D eigenvalue weighted by Gasteiger charge is -2.31. The average Bonchev–Trinajstić information content (AvgIpc) is 3.36. The summed E-state index contributed by atoms with van der Waals surface area (Å²) in [7, 11) is 1.62. The minimum Gasteiger partial charge on any atom is -0.497 e. The molecule has 172 valence electrons. The summed E-state index contributed by atoms with van der Waals surface area (Å²) in [6.45, 7) is 3.23. The number of ether oxygens (including phenoxy) is 1. The standard InChI is InChI=1S/C25H28N4O4/c1-17(19-7-11-26-12-8-19)27-25(31)23-16-22(28-33-23)20-9-13-29(14-10-20)24(30)15-18-3-5-21(32-2)6-4-18/h3-8,11-12,16-17,20H,9-10,13-15H2,1-2H3,(H,27,31). The van der Waals surface area contributed by atoms with E-state index in [1.54, 1.807) is 25.6 Å². The van der Waals surface area contributed by atoms with Crippen molar-refractivity contribution in [1.82, 2.24) is 20.4 Å². The minimum atomic E-state index is -0.301. The molecule has 1 unspecified atom stereocenters. The lowest BCUT2D eigenvalue weighted by Crippen LogP contribution is -2.38. The number of likely N-dealkylation sites (tertiary alicyclic amines) is 1. The van der Waals surface area contributed by atoms with Crippen LogP contribution in [0, 0.1) is 0 Å². The van der Waals surface area contributed by atoms with Gasteiger partial charge in [-0.3, -0.25) is 14.6 Å². The smallest absolute Gasteiger partial charge is 0.290 e. The van der Waals surface area contributed by atoms with E-state index in [1.165, 1.54) is 0 Å². The van der Waals surface area contributed by atoms with Crippen LogP contribution in [0.15, 0.2) is 59.4 Å². The van der Waals surface area contributed by atoms with Crippen LogP contribution in [0.3, 0.4) is 0 Å². The number of carbonyl (C=O) groups is 2. The van der Waals surface area contributed by atoms with Crippen molar-refractivity contribution in [3.8, 4) is 5.75 Å². The molecule has 1 aliphatic rings. The third kappa shape index (κ3) is 5.58. The fraction of sp³-hybridized carbons (Fsp3) is 0.360. The molecule has 1 atom stereocenters. The van der Waals surface area contributed by atoms with Crippen LogP contribution in [0.1, 0.15) is 59.1 Å². The van der Waals surface area contributed by atoms with E-state index in [-0.39, 0.29) is 29.5 Å². The number of hydrogen-bond acceptors (Lipinski definition) is 6. The van der Waals surface area contributed by atoms with Gasteiger partial charge in [0.05, 0.1) is 25.3 Å². The second-order valence-corrected chi connectivity index (χ2v) is 8.27. The highest BCUT2D eigenvalue weighted by molar-refractivity contribution is 5.91. The van der Waals surface area contributed by atoms with Crippen LogP contribution in [-0.2, 0) is 11.2 Å². The molecule has 1 saturated heterocycles. The zero-order valence-corrected chi connectivity index (χ0v) is 18.9. The van der Waals surface area contributed by atoms with E-state index in [0.717, 1.165) is 35.4 Å². The molecule has 8 heteroatoms.